The number of carbonyl (C=O) groups is 2. The molecular weight excluding hydrogens is 916 g/mol. The van der Waals surface area contributed by atoms with Gasteiger partial charge in [0.25, 0.3) is 0 Å². The van der Waals surface area contributed by atoms with Crippen LogP contribution in [-0.4, -0.2) is 95.5 Å². The van der Waals surface area contributed by atoms with Gasteiger partial charge in [0.1, 0.15) is 11.2 Å². The van der Waals surface area contributed by atoms with Crippen LogP contribution in [0.25, 0.3) is 21.8 Å². The van der Waals surface area contributed by atoms with Crippen LogP contribution in [0.4, 0.5) is 21.0 Å². The molecule has 2 N–H and O–H groups in total. The average molecular weight is 981 g/mol. The molecular formula is C54H65N6NaO4S3. The third kappa shape index (κ3) is 14.9. The number of aromatic nitrogens is 2. The fraction of sp³-hybridized carbons (Fsp3) is 0.333. The topological polar surface area (TPSA) is 97.1 Å². The van der Waals surface area contributed by atoms with E-state index in [9.17, 15) is 9.59 Å². The van der Waals surface area contributed by atoms with Gasteiger partial charge in [-0.15, -0.1) is 0 Å². The maximum absolute atomic E-state index is 12.4. The number of benzene rings is 5. The molecule has 9 rings (SSSR count). The van der Waals surface area contributed by atoms with E-state index in [0.29, 0.717) is 26.2 Å². The molecule has 0 radical (unpaired) electrons. The number of piperazine rings is 2. The summed E-state index contributed by atoms with van der Waals surface area (Å²) >= 11 is 1.80. The summed E-state index contributed by atoms with van der Waals surface area (Å²) in [7, 11) is 3.58. The standard InChI is InChI=1S/C24H29N3O2S.C18H25N3O2.C12H10S2.Na.H/c1-17-22(30-18-9-6-5-7-10-18)19-11-8-12-20(21(19)25-17)26-13-15-27(16-14-26)23(28)29-24(2,3)4;1-13-12-14-6-5-7-15(16(14)19-13)20-8-10-21(11-9-20)17(22)23-18(2,3)4;1-3-7-11(8-4-1)13-14-12-9-5-2-6-10-12;;/h5-12,25H,13-16H2,1-4H3;5-7,12,19H,8-11H2,1-4H3;1-10H;;/q;;;+1;-1. The van der Waals surface area contributed by atoms with Gasteiger partial charge in [0.2, 0.25) is 0 Å². The quantitative estimate of drug-likeness (QED) is 0.120. The number of H-pyrrole nitrogens is 2. The van der Waals surface area contributed by atoms with Crippen molar-refractivity contribution in [2.24, 2.45) is 0 Å². The van der Waals surface area contributed by atoms with Gasteiger partial charge in [0.05, 0.1) is 22.4 Å². The Hall–Kier alpha value is -4.63. The Balaban J connectivity index is 0.000000202. The molecule has 2 fully saturated rings. The average Bonchev–Trinajstić information content (AvgIpc) is 3.86. The Bertz CT molecular complexity index is 2660. The number of anilines is 2. The molecule has 0 bridgehead atoms. The van der Waals surface area contributed by atoms with Crippen molar-refractivity contribution >= 4 is 78.7 Å². The second-order valence-corrected chi connectivity index (χ2v) is 21.9. The van der Waals surface area contributed by atoms with Crippen LogP contribution in [0, 0.1) is 13.8 Å². The van der Waals surface area contributed by atoms with Gasteiger partial charge in [-0.25, -0.2) is 9.59 Å². The second kappa shape index (κ2) is 24.3. The number of aromatic amines is 2. The first-order valence-electron chi connectivity index (χ1n) is 22.9. The summed E-state index contributed by atoms with van der Waals surface area (Å²) in [5.41, 5.74) is 6.18. The van der Waals surface area contributed by atoms with Crippen LogP contribution < -0.4 is 39.4 Å². The monoisotopic (exact) mass is 980 g/mol. The number of hydrogen-bond donors (Lipinski definition) is 2. The summed E-state index contributed by atoms with van der Waals surface area (Å²) < 4.78 is 11.0. The van der Waals surface area contributed by atoms with E-state index in [4.69, 9.17) is 9.47 Å². The van der Waals surface area contributed by atoms with E-state index in [-0.39, 0.29) is 43.2 Å². The molecule has 2 aromatic heterocycles. The molecule has 2 saturated heterocycles. The van der Waals surface area contributed by atoms with Crippen LogP contribution in [0.3, 0.4) is 0 Å². The number of hydrogen-bond acceptors (Lipinski definition) is 9. The van der Waals surface area contributed by atoms with Gasteiger partial charge in [-0.1, -0.05) is 112 Å². The molecule has 68 heavy (non-hydrogen) atoms. The van der Waals surface area contributed by atoms with E-state index >= 15 is 0 Å². The van der Waals surface area contributed by atoms with Crippen molar-refractivity contribution in [3.63, 3.8) is 0 Å². The molecule has 0 spiro atoms. The minimum atomic E-state index is -0.464. The number of fused-ring (bicyclic) bond motifs is 2. The predicted molar refractivity (Wildman–Crippen MR) is 282 cm³/mol. The molecule has 10 nitrogen and oxygen atoms in total. The molecule has 354 valence electrons. The number of aryl methyl sites for hydroxylation is 2. The van der Waals surface area contributed by atoms with Gasteiger partial charge in [0, 0.05) is 94.1 Å². The molecule has 0 unspecified atom stereocenters. The molecule has 7 aromatic rings. The third-order valence-electron chi connectivity index (χ3n) is 10.9. The fourth-order valence-electron chi connectivity index (χ4n) is 7.81. The summed E-state index contributed by atoms with van der Waals surface area (Å²) in [4.78, 5) is 44.9. The van der Waals surface area contributed by atoms with E-state index in [1.54, 1.807) is 43.1 Å². The van der Waals surface area contributed by atoms with Gasteiger partial charge in [-0.3, -0.25) is 0 Å². The van der Waals surface area contributed by atoms with Crippen LogP contribution in [0.2, 0.25) is 0 Å². The molecule has 2 amide bonds. The first-order chi connectivity index (χ1) is 32.1. The van der Waals surface area contributed by atoms with Crippen LogP contribution in [0.15, 0.2) is 153 Å². The predicted octanol–water partition coefficient (Wildman–Crippen LogP) is 10.8. The largest absolute Gasteiger partial charge is 1.00 e. The zero-order valence-electron chi connectivity index (χ0n) is 42.0. The van der Waals surface area contributed by atoms with E-state index in [0.717, 1.165) is 26.2 Å². The van der Waals surface area contributed by atoms with E-state index in [1.165, 1.54) is 64.2 Å². The van der Waals surface area contributed by atoms with Crippen molar-refractivity contribution < 1.29 is 50.0 Å². The van der Waals surface area contributed by atoms with Crippen molar-refractivity contribution in [1.29, 1.82) is 0 Å². The van der Waals surface area contributed by atoms with E-state index in [2.05, 4.69) is 149 Å². The summed E-state index contributed by atoms with van der Waals surface area (Å²) in [5.74, 6) is 0. The molecule has 14 heteroatoms. The van der Waals surface area contributed by atoms with Gasteiger partial charge in [-0.05, 0) is 110 Å². The Kier molecular flexibility index (Phi) is 18.8. The third-order valence-corrected chi connectivity index (χ3v) is 14.6. The van der Waals surface area contributed by atoms with Crippen molar-refractivity contribution in [3.8, 4) is 0 Å². The van der Waals surface area contributed by atoms with Gasteiger partial charge >= 0.3 is 41.7 Å². The summed E-state index contributed by atoms with van der Waals surface area (Å²) in [5, 5.41) is 2.47. The van der Waals surface area contributed by atoms with E-state index in [1.807, 2.05) is 59.7 Å². The van der Waals surface area contributed by atoms with E-state index < -0.39 is 11.2 Å². The van der Waals surface area contributed by atoms with Crippen LogP contribution in [-0.2, 0) is 9.47 Å². The zero-order valence-corrected chi connectivity index (χ0v) is 45.5. The molecule has 2 aliphatic rings. The summed E-state index contributed by atoms with van der Waals surface area (Å²) in [6, 6.07) is 46.3. The van der Waals surface area contributed by atoms with Crippen molar-refractivity contribution in [2.75, 3.05) is 62.2 Å². The summed E-state index contributed by atoms with van der Waals surface area (Å²) in [6.45, 7) is 21.5. The SMILES string of the molecule is Cc1[nH]c2c(N3CCN(C(=O)OC(C)(C)C)CC3)cccc2c1Sc1ccccc1.Cc1cc2cccc(N3CCN(C(=O)OC(C)(C)C)CC3)c2[nH]1.[H-].[Na+].c1ccc(SSc2ccccc2)cc1. The minimum absolute atomic E-state index is 0. The Morgan fingerprint density at radius 1 is 0.529 bits per heavy atom. The molecule has 5 aromatic carbocycles. The number of ether oxygens (including phenoxy) is 2. The number of para-hydroxylation sites is 2. The maximum atomic E-state index is 12.4. The zero-order chi connectivity index (χ0) is 47.6. The number of amides is 2. The Labute approximate surface area is 438 Å². The first kappa shape index (κ1) is 52.7. The number of rotatable bonds is 7. The second-order valence-electron chi connectivity index (χ2n) is 18.6. The fourth-order valence-corrected chi connectivity index (χ4v) is 10.8. The van der Waals surface area contributed by atoms with Crippen molar-refractivity contribution in [1.82, 2.24) is 19.8 Å². The van der Waals surface area contributed by atoms with Gasteiger partial charge in [0.15, 0.2) is 0 Å². The molecule has 0 atom stereocenters. The maximum Gasteiger partial charge on any atom is 1.00 e. The van der Waals surface area contributed by atoms with Gasteiger partial charge < -0.3 is 40.5 Å². The Morgan fingerprint density at radius 3 is 1.41 bits per heavy atom. The number of carbonyl (C=O) groups excluding carboxylic acids is 2. The summed E-state index contributed by atoms with van der Waals surface area (Å²) in [6.07, 6.45) is -0.441. The molecule has 4 heterocycles. The normalized spacial score (nSPS) is 14.1. The number of nitrogens with one attached hydrogen (secondary N) is 2. The molecule has 2 aliphatic heterocycles. The van der Waals surface area contributed by atoms with Crippen LogP contribution in [0.1, 0.15) is 54.4 Å². The Morgan fingerprint density at radius 2 is 0.956 bits per heavy atom. The van der Waals surface area contributed by atoms with Crippen LogP contribution in [0.5, 0.6) is 0 Å². The van der Waals surface area contributed by atoms with Crippen molar-refractivity contribution in [3.05, 3.63) is 145 Å². The number of nitrogens with zero attached hydrogens (tertiary/aromatic N) is 4. The molecule has 0 saturated carbocycles. The first-order valence-corrected chi connectivity index (χ1v) is 25.9. The van der Waals surface area contributed by atoms with Gasteiger partial charge in [-0.2, -0.15) is 0 Å². The minimum Gasteiger partial charge on any atom is -1.00 e. The van der Waals surface area contributed by atoms with Crippen molar-refractivity contribution in [2.45, 2.75) is 86.2 Å². The van der Waals surface area contributed by atoms with Crippen LogP contribution >= 0.6 is 33.3 Å². The smallest absolute Gasteiger partial charge is 1.00 e. The molecule has 0 aliphatic carbocycles.